The number of likely N-dealkylation sites (N-methyl/N-ethyl adjacent to an activating group) is 1. The number of nitrogens with zero attached hydrogens (tertiary/aromatic N) is 4. The Bertz CT molecular complexity index is 1380. The second-order valence-corrected chi connectivity index (χ2v) is 9.79. The van der Waals surface area contributed by atoms with Gasteiger partial charge in [0, 0.05) is 60.9 Å². The van der Waals surface area contributed by atoms with E-state index < -0.39 is 6.10 Å². The number of fused-ring (bicyclic) bond motifs is 1. The molecule has 0 spiro atoms. The van der Waals surface area contributed by atoms with Crippen molar-refractivity contribution in [2.75, 3.05) is 42.9 Å². The molecular weight excluding hydrogens is 511 g/mol. The van der Waals surface area contributed by atoms with E-state index in [9.17, 15) is 4.79 Å². The lowest BCUT2D eigenvalue weighted by Gasteiger charge is -2.35. The van der Waals surface area contributed by atoms with Crippen LogP contribution < -0.4 is 15.0 Å². The summed E-state index contributed by atoms with van der Waals surface area (Å²) in [5.74, 6) is 0.257. The highest BCUT2D eigenvalue weighted by Crippen LogP contribution is 2.33. The van der Waals surface area contributed by atoms with Gasteiger partial charge < -0.3 is 19.9 Å². The molecule has 0 bridgehead atoms. The first-order valence-electron chi connectivity index (χ1n) is 12.3. The number of amides is 1. The first-order chi connectivity index (χ1) is 17.9. The number of aromatic amines is 1. The predicted molar refractivity (Wildman–Crippen MR) is 148 cm³/mol. The Kier molecular flexibility index (Phi) is 7.50. The zero-order valence-corrected chi connectivity index (χ0v) is 22.2. The van der Waals surface area contributed by atoms with E-state index in [1.807, 2.05) is 37.3 Å². The zero-order valence-electron chi connectivity index (χ0n) is 20.7. The first kappa shape index (κ1) is 25.3. The van der Waals surface area contributed by atoms with Crippen LogP contribution in [-0.2, 0) is 0 Å². The maximum Gasteiger partial charge on any atom is 0.276 e. The number of carbonyl (C=O) groups is 1. The SMILES string of the molecule is CCN1CCN(c2ccc(NC(=O)c3n[nH]c4ccc(OC(C)c5c(Cl)cncc5Cl)cc34)cc2)CC1. The van der Waals surface area contributed by atoms with Gasteiger partial charge in [0.1, 0.15) is 11.9 Å². The molecule has 1 aliphatic rings. The van der Waals surface area contributed by atoms with Crippen molar-refractivity contribution in [3.8, 4) is 5.75 Å². The van der Waals surface area contributed by atoms with Crippen molar-refractivity contribution in [1.29, 1.82) is 0 Å². The third-order valence-corrected chi connectivity index (χ3v) is 7.27. The van der Waals surface area contributed by atoms with Crippen LogP contribution in [0.3, 0.4) is 0 Å². The molecule has 192 valence electrons. The molecule has 1 aliphatic heterocycles. The van der Waals surface area contributed by atoms with Crippen molar-refractivity contribution in [3.63, 3.8) is 0 Å². The third kappa shape index (κ3) is 5.51. The molecule has 1 amide bonds. The lowest BCUT2D eigenvalue weighted by Crippen LogP contribution is -2.46. The number of anilines is 2. The number of ether oxygens (including phenoxy) is 1. The third-order valence-electron chi connectivity index (χ3n) is 6.67. The summed E-state index contributed by atoms with van der Waals surface area (Å²) in [7, 11) is 0. The minimum atomic E-state index is -0.423. The van der Waals surface area contributed by atoms with Crippen LogP contribution in [-0.4, -0.2) is 58.7 Å². The van der Waals surface area contributed by atoms with Gasteiger partial charge in [-0.15, -0.1) is 0 Å². The van der Waals surface area contributed by atoms with Gasteiger partial charge in [0.15, 0.2) is 5.69 Å². The average molecular weight is 539 g/mol. The van der Waals surface area contributed by atoms with Crippen molar-refractivity contribution < 1.29 is 9.53 Å². The lowest BCUT2D eigenvalue weighted by molar-refractivity contribution is 0.102. The Morgan fingerprint density at radius 1 is 1.08 bits per heavy atom. The van der Waals surface area contributed by atoms with Crippen LogP contribution in [0.2, 0.25) is 10.0 Å². The molecule has 0 aliphatic carbocycles. The number of halogens is 2. The number of pyridine rings is 1. The maximum absolute atomic E-state index is 13.1. The van der Waals surface area contributed by atoms with Crippen LogP contribution >= 0.6 is 23.2 Å². The van der Waals surface area contributed by atoms with Crippen molar-refractivity contribution in [1.82, 2.24) is 20.1 Å². The van der Waals surface area contributed by atoms with E-state index in [4.69, 9.17) is 27.9 Å². The number of aromatic nitrogens is 3. The summed E-state index contributed by atoms with van der Waals surface area (Å²) in [4.78, 5) is 21.9. The fourth-order valence-corrected chi connectivity index (χ4v) is 5.25. The van der Waals surface area contributed by atoms with Crippen molar-refractivity contribution in [2.45, 2.75) is 20.0 Å². The summed E-state index contributed by atoms with van der Waals surface area (Å²) in [6.45, 7) is 9.26. The van der Waals surface area contributed by atoms with E-state index >= 15 is 0 Å². The van der Waals surface area contributed by atoms with E-state index in [-0.39, 0.29) is 11.6 Å². The number of piperazine rings is 1. The van der Waals surface area contributed by atoms with Gasteiger partial charge in [-0.05, 0) is 55.9 Å². The van der Waals surface area contributed by atoms with Gasteiger partial charge in [-0.3, -0.25) is 14.9 Å². The number of nitrogens with one attached hydrogen (secondary N) is 2. The number of benzene rings is 2. The highest BCUT2D eigenvalue weighted by atomic mass is 35.5. The smallest absolute Gasteiger partial charge is 0.276 e. The van der Waals surface area contributed by atoms with E-state index in [1.165, 1.54) is 12.4 Å². The fourth-order valence-electron chi connectivity index (χ4n) is 4.58. The number of H-pyrrole nitrogens is 1. The summed E-state index contributed by atoms with van der Waals surface area (Å²) in [6, 6.07) is 13.3. The van der Waals surface area contributed by atoms with Crippen LogP contribution in [0.25, 0.3) is 10.9 Å². The molecule has 10 heteroatoms. The molecule has 3 heterocycles. The molecule has 1 atom stereocenters. The second kappa shape index (κ2) is 11.0. The Morgan fingerprint density at radius 3 is 2.46 bits per heavy atom. The van der Waals surface area contributed by atoms with Gasteiger partial charge in [0.05, 0.1) is 15.6 Å². The van der Waals surface area contributed by atoms with Crippen molar-refractivity contribution >= 4 is 51.4 Å². The van der Waals surface area contributed by atoms with Gasteiger partial charge in [-0.25, -0.2) is 0 Å². The maximum atomic E-state index is 13.1. The number of hydrogen-bond donors (Lipinski definition) is 2. The Morgan fingerprint density at radius 2 is 1.78 bits per heavy atom. The zero-order chi connectivity index (χ0) is 25.9. The lowest BCUT2D eigenvalue weighted by atomic mass is 10.1. The number of hydrogen-bond acceptors (Lipinski definition) is 6. The van der Waals surface area contributed by atoms with E-state index in [1.54, 1.807) is 12.1 Å². The van der Waals surface area contributed by atoms with Crippen LogP contribution in [0, 0.1) is 0 Å². The Labute approximate surface area is 225 Å². The number of carbonyl (C=O) groups excluding carboxylic acids is 1. The Hall–Kier alpha value is -3.33. The average Bonchev–Trinajstić information content (AvgIpc) is 3.32. The summed E-state index contributed by atoms with van der Waals surface area (Å²) < 4.78 is 6.10. The van der Waals surface area contributed by atoms with Gasteiger partial charge >= 0.3 is 0 Å². The highest BCUT2D eigenvalue weighted by molar-refractivity contribution is 6.35. The summed E-state index contributed by atoms with van der Waals surface area (Å²) >= 11 is 12.6. The Balaban J connectivity index is 1.29. The molecule has 1 saturated heterocycles. The van der Waals surface area contributed by atoms with Crippen LogP contribution in [0.1, 0.15) is 36.0 Å². The van der Waals surface area contributed by atoms with Crippen LogP contribution in [0.4, 0.5) is 11.4 Å². The van der Waals surface area contributed by atoms with E-state index in [2.05, 4.69) is 37.2 Å². The topological polar surface area (TPSA) is 86.4 Å². The molecule has 1 unspecified atom stereocenters. The molecule has 5 rings (SSSR count). The van der Waals surface area contributed by atoms with Crippen LogP contribution in [0.5, 0.6) is 5.75 Å². The summed E-state index contributed by atoms with van der Waals surface area (Å²) in [5.41, 5.74) is 3.53. The molecule has 0 radical (unpaired) electrons. The van der Waals surface area contributed by atoms with Gasteiger partial charge in [0.2, 0.25) is 0 Å². The van der Waals surface area contributed by atoms with Gasteiger partial charge in [0.25, 0.3) is 5.91 Å². The fraction of sp³-hybridized carbons (Fsp3) is 0.296. The molecule has 2 aromatic carbocycles. The minimum Gasteiger partial charge on any atom is -0.486 e. The normalized spacial score (nSPS) is 15.1. The highest BCUT2D eigenvalue weighted by Gasteiger charge is 2.19. The summed E-state index contributed by atoms with van der Waals surface area (Å²) in [6.07, 6.45) is 2.64. The number of rotatable bonds is 7. The predicted octanol–water partition coefficient (Wildman–Crippen LogP) is 5.80. The second-order valence-electron chi connectivity index (χ2n) is 8.98. The first-order valence-corrected chi connectivity index (χ1v) is 13.0. The van der Waals surface area contributed by atoms with E-state index in [0.29, 0.717) is 32.4 Å². The van der Waals surface area contributed by atoms with Crippen LogP contribution in [0.15, 0.2) is 54.9 Å². The molecule has 4 aromatic rings. The molecular formula is C27H28Cl2N6O2. The van der Waals surface area contributed by atoms with Crippen molar-refractivity contribution in [3.05, 3.63) is 76.2 Å². The molecule has 1 fully saturated rings. The quantitative estimate of drug-likeness (QED) is 0.309. The summed E-state index contributed by atoms with van der Waals surface area (Å²) in [5, 5.41) is 11.6. The standard InChI is InChI=1S/C27H28Cl2N6O2/c1-3-34-10-12-35(13-11-34)19-6-4-18(5-7-19)31-27(36)26-21-14-20(8-9-24(21)32-33-26)37-17(2)25-22(28)15-30-16-23(25)29/h4-9,14-17H,3,10-13H2,1-2H3,(H,31,36)(H,32,33). The molecule has 2 aromatic heterocycles. The van der Waals surface area contributed by atoms with Gasteiger partial charge in [-0.2, -0.15) is 5.10 Å². The molecule has 2 N–H and O–H groups in total. The van der Waals surface area contributed by atoms with E-state index in [0.717, 1.165) is 43.9 Å². The monoisotopic (exact) mass is 538 g/mol. The molecule has 37 heavy (non-hydrogen) atoms. The molecule has 8 nitrogen and oxygen atoms in total. The van der Waals surface area contributed by atoms with Gasteiger partial charge in [-0.1, -0.05) is 30.1 Å². The largest absolute Gasteiger partial charge is 0.486 e. The minimum absolute atomic E-state index is 0.285. The molecule has 0 saturated carbocycles. The van der Waals surface area contributed by atoms with Crippen molar-refractivity contribution in [2.24, 2.45) is 0 Å².